The molecular formula is C16H18CuN6O4+2. The Labute approximate surface area is 165 Å². The Balaban J connectivity index is 0.000000483. The molecule has 8 N–H and O–H groups in total. The van der Waals surface area contributed by atoms with Gasteiger partial charge in [-0.05, 0) is 24.3 Å². The van der Waals surface area contributed by atoms with Gasteiger partial charge in [0.2, 0.25) is 0 Å². The third kappa shape index (κ3) is 10.1. The molecule has 27 heavy (non-hydrogen) atoms. The first-order valence-corrected chi connectivity index (χ1v) is 7.15. The first-order chi connectivity index (χ1) is 12.4. The predicted octanol–water partition coefficient (Wildman–Crippen LogP) is 0.406. The zero-order valence-electron chi connectivity index (χ0n) is 13.8. The number of hydrogen-bond donors (Lipinski definition) is 6. The van der Waals surface area contributed by atoms with Crippen molar-refractivity contribution >= 4 is 23.9 Å². The summed E-state index contributed by atoms with van der Waals surface area (Å²) in [6.45, 7) is 0. The van der Waals surface area contributed by atoms with Gasteiger partial charge >= 0.3 is 29.1 Å². The molecule has 0 aliphatic carbocycles. The maximum atomic E-state index is 11.2. The fraction of sp³-hybridized carbons (Fsp3) is 0. The average molecular weight is 422 g/mol. The molecule has 2 rings (SSSR count). The molecule has 0 heterocycles. The number of carbonyl (C=O) groups is 2. The van der Waals surface area contributed by atoms with Gasteiger partial charge in [0.05, 0.1) is 0 Å². The Morgan fingerprint density at radius 3 is 1.26 bits per heavy atom. The maximum Gasteiger partial charge on any atom is 2.00 e. The topological polar surface area (TPSA) is 175 Å². The summed E-state index contributed by atoms with van der Waals surface area (Å²) in [5.41, 5.74) is 14.7. The SMILES string of the molecule is N/C(O)=N/NC(=O)c1ccccc1.N/C(O)=N/NC(=O)c1ccccc1.[Cu+2]. The Hall–Kier alpha value is -3.56. The Kier molecular flexibility index (Phi) is 11.1. The largest absolute Gasteiger partial charge is 2.00 e. The van der Waals surface area contributed by atoms with Crippen molar-refractivity contribution < 1.29 is 36.9 Å². The quantitative estimate of drug-likeness (QED) is 0.180. The summed E-state index contributed by atoms with van der Waals surface area (Å²) >= 11 is 0. The average Bonchev–Trinajstić information content (AvgIpc) is 2.66. The van der Waals surface area contributed by atoms with E-state index in [9.17, 15) is 9.59 Å². The van der Waals surface area contributed by atoms with Crippen molar-refractivity contribution in [3.63, 3.8) is 0 Å². The van der Waals surface area contributed by atoms with Crippen LogP contribution in [0.2, 0.25) is 0 Å². The number of aliphatic hydroxyl groups is 2. The first kappa shape index (κ1) is 23.4. The summed E-state index contributed by atoms with van der Waals surface area (Å²) in [5, 5.41) is 23.2. The number of aliphatic hydroxyl groups excluding tert-OH is 2. The number of nitrogens with two attached hydrogens (primary N) is 2. The summed E-state index contributed by atoms with van der Waals surface area (Å²) in [4.78, 5) is 22.3. The van der Waals surface area contributed by atoms with Gasteiger partial charge in [-0.25, -0.2) is 10.9 Å². The van der Waals surface area contributed by atoms with E-state index in [0.717, 1.165) is 0 Å². The van der Waals surface area contributed by atoms with Crippen LogP contribution >= 0.6 is 0 Å². The second-order valence-corrected chi connectivity index (χ2v) is 4.55. The van der Waals surface area contributed by atoms with Gasteiger partial charge < -0.3 is 21.7 Å². The van der Waals surface area contributed by atoms with Gasteiger partial charge in [0.1, 0.15) is 0 Å². The number of carbonyl (C=O) groups excluding carboxylic acids is 2. The van der Waals surface area contributed by atoms with Gasteiger partial charge in [-0.3, -0.25) is 9.59 Å². The normalized spacial score (nSPS) is 10.5. The van der Waals surface area contributed by atoms with Crippen LogP contribution in [0.1, 0.15) is 20.7 Å². The predicted molar refractivity (Wildman–Crippen MR) is 96.3 cm³/mol. The van der Waals surface area contributed by atoms with Gasteiger partial charge in [0.15, 0.2) is 0 Å². The van der Waals surface area contributed by atoms with Crippen molar-refractivity contribution in [1.29, 1.82) is 0 Å². The summed E-state index contributed by atoms with van der Waals surface area (Å²) in [6.07, 6.45) is 0. The zero-order valence-corrected chi connectivity index (χ0v) is 14.8. The number of amidine groups is 2. The molecule has 2 amide bonds. The van der Waals surface area contributed by atoms with Crippen LogP contribution in [-0.2, 0) is 17.1 Å². The van der Waals surface area contributed by atoms with Crippen LogP contribution in [0.5, 0.6) is 0 Å². The van der Waals surface area contributed by atoms with E-state index < -0.39 is 23.9 Å². The van der Waals surface area contributed by atoms with Gasteiger partial charge in [-0.15, -0.1) is 10.2 Å². The molecule has 2 aromatic rings. The Morgan fingerprint density at radius 1 is 0.704 bits per heavy atom. The summed E-state index contributed by atoms with van der Waals surface area (Å²) < 4.78 is 0. The smallest absolute Gasteiger partial charge is 0.480 e. The molecule has 0 spiro atoms. The number of hydrazone groups is 2. The summed E-state index contributed by atoms with van der Waals surface area (Å²) in [7, 11) is 0. The molecule has 1 radical (unpaired) electrons. The van der Waals surface area contributed by atoms with Crippen LogP contribution in [0.4, 0.5) is 0 Å². The first-order valence-electron chi connectivity index (χ1n) is 7.15. The fourth-order valence-electron chi connectivity index (χ4n) is 1.52. The monoisotopic (exact) mass is 421 g/mol. The number of hydrogen-bond acceptors (Lipinski definition) is 4. The van der Waals surface area contributed by atoms with Gasteiger partial charge in [0, 0.05) is 11.1 Å². The van der Waals surface area contributed by atoms with E-state index in [-0.39, 0.29) is 17.1 Å². The van der Waals surface area contributed by atoms with Crippen molar-refractivity contribution in [3.8, 4) is 0 Å². The molecule has 2 aromatic carbocycles. The number of rotatable bonds is 4. The third-order valence-corrected chi connectivity index (χ3v) is 2.62. The zero-order chi connectivity index (χ0) is 19.4. The van der Waals surface area contributed by atoms with Gasteiger partial charge in [-0.2, -0.15) is 0 Å². The van der Waals surface area contributed by atoms with Crippen LogP contribution in [0, 0.1) is 0 Å². The minimum atomic E-state index is -0.677. The van der Waals surface area contributed by atoms with Crippen LogP contribution in [-0.4, -0.2) is 34.1 Å². The molecule has 0 saturated carbocycles. The molecule has 0 bridgehead atoms. The molecule has 0 unspecified atom stereocenters. The van der Waals surface area contributed by atoms with E-state index in [1.54, 1.807) is 60.7 Å². The third-order valence-electron chi connectivity index (χ3n) is 2.62. The second-order valence-electron chi connectivity index (χ2n) is 4.55. The van der Waals surface area contributed by atoms with Crippen LogP contribution < -0.4 is 22.3 Å². The molecule has 11 heteroatoms. The number of nitrogens with one attached hydrogen (secondary N) is 2. The van der Waals surface area contributed by atoms with E-state index in [1.807, 2.05) is 0 Å². The Morgan fingerprint density at radius 2 is 1.00 bits per heavy atom. The van der Waals surface area contributed by atoms with Gasteiger partial charge in [0.25, 0.3) is 11.8 Å². The van der Waals surface area contributed by atoms with E-state index >= 15 is 0 Å². The van der Waals surface area contributed by atoms with Crippen molar-refractivity contribution in [3.05, 3.63) is 71.8 Å². The van der Waals surface area contributed by atoms with Crippen molar-refractivity contribution in [1.82, 2.24) is 10.9 Å². The van der Waals surface area contributed by atoms with E-state index in [4.69, 9.17) is 21.7 Å². The van der Waals surface area contributed by atoms with Crippen LogP contribution in [0.25, 0.3) is 0 Å². The van der Waals surface area contributed by atoms with Crippen molar-refractivity contribution in [2.24, 2.45) is 21.7 Å². The molecule has 0 saturated heterocycles. The number of nitrogens with zero attached hydrogens (tertiary/aromatic N) is 2. The maximum absolute atomic E-state index is 11.2. The second kappa shape index (κ2) is 12.8. The van der Waals surface area contributed by atoms with Crippen LogP contribution in [0.15, 0.2) is 70.9 Å². The molecule has 0 aliphatic rings. The number of amides is 2. The summed E-state index contributed by atoms with van der Waals surface area (Å²) in [6, 6.07) is 15.6. The minimum Gasteiger partial charge on any atom is -0.480 e. The molecule has 10 nitrogen and oxygen atoms in total. The van der Waals surface area contributed by atoms with Crippen molar-refractivity contribution in [2.75, 3.05) is 0 Å². The molecule has 0 atom stereocenters. The standard InChI is InChI=1S/2C8H9N3O2.Cu/c2*9-8(13)11-10-7(12)6-4-2-1-3-5-6;/h2*1-5H,(H,10,12)(H3,9,11,13);/q;;+2. The van der Waals surface area contributed by atoms with Crippen LogP contribution in [0.3, 0.4) is 0 Å². The minimum absolute atomic E-state index is 0. The molecule has 0 fully saturated rings. The van der Waals surface area contributed by atoms with E-state index in [1.165, 1.54) is 0 Å². The molecule has 145 valence electrons. The number of benzene rings is 2. The summed E-state index contributed by atoms with van der Waals surface area (Å²) in [5.74, 6) is -0.838. The van der Waals surface area contributed by atoms with E-state index in [2.05, 4.69) is 21.1 Å². The fourth-order valence-corrected chi connectivity index (χ4v) is 1.52. The van der Waals surface area contributed by atoms with Crippen molar-refractivity contribution in [2.45, 2.75) is 0 Å². The Bertz CT molecular complexity index is 709. The van der Waals surface area contributed by atoms with Gasteiger partial charge in [-0.1, -0.05) is 36.4 Å². The molecular weight excluding hydrogens is 404 g/mol. The molecule has 0 aromatic heterocycles. The molecule has 0 aliphatic heterocycles. The van der Waals surface area contributed by atoms with E-state index in [0.29, 0.717) is 11.1 Å².